The molecule has 6 heteroatoms. The molecule has 0 bridgehead atoms. The number of hydrogen-bond acceptors (Lipinski definition) is 6. The molecule has 0 fully saturated rings. The van der Waals surface area contributed by atoms with E-state index < -0.39 is 0 Å². The zero-order chi connectivity index (χ0) is 16.7. The number of fused-ring (bicyclic) bond motifs is 2. The van der Waals surface area contributed by atoms with Crippen LogP contribution in [-0.2, 0) is 19.5 Å². The number of benzene rings is 1. The van der Waals surface area contributed by atoms with E-state index in [9.17, 15) is 4.79 Å². The van der Waals surface area contributed by atoms with E-state index in [-0.39, 0.29) is 5.43 Å². The summed E-state index contributed by atoms with van der Waals surface area (Å²) in [4.78, 5) is 23.3. The van der Waals surface area contributed by atoms with Gasteiger partial charge in [-0.25, -0.2) is 9.97 Å². The van der Waals surface area contributed by atoms with E-state index in [1.165, 1.54) is 6.33 Å². The van der Waals surface area contributed by atoms with Crippen molar-refractivity contribution in [2.24, 2.45) is 0 Å². The third-order valence-electron chi connectivity index (χ3n) is 4.51. The van der Waals surface area contributed by atoms with Crippen molar-refractivity contribution in [1.29, 1.82) is 0 Å². The minimum absolute atomic E-state index is 0.0351. The largest absolute Gasteiger partial charge is 0.464 e. The minimum Gasteiger partial charge on any atom is -0.464 e. The molecule has 2 N–H and O–H groups in total. The average Bonchev–Trinajstić information content (AvgIpc) is 2.58. The molecular formula is C18H18N4O2. The van der Waals surface area contributed by atoms with Crippen LogP contribution in [0.2, 0.25) is 0 Å². The Labute approximate surface area is 138 Å². The van der Waals surface area contributed by atoms with Crippen LogP contribution in [0.15, 0.2) is 40.0 Å². The molecule has 6 nitrogen and oxygen atoms in total. The van der Waals surface area contributed by atoms with Gasteiger partial charge >= 0.3 is 0 Å². The van der Waals surface area contributed by atoms with Crippen LogP contribution in [0.25, 0.3) is 11.0 Å². The summed E-state index contributed by atoms with van der Waals surface area (Å²) in [7, 11) is 0. The van der Waals surface area contributed by atoms with Gasteiger partial charge in [0.05, 0.1) is 17.3 Å². The molecule has 0 saturated carbocycles. The molecule has 0 aliphatic carbocycles. The molecule has 1 aliphatic rings. The molecule has 4 rings (SSSR count). The lowest BCUT2D eigenvalue weighted by atomic mass is 10.0. The highest BCUT2D eigenvalue weighted by Crippen LogP contribution is 2.22. The fourth-order valence-electron chi connectivity index (χ4n) is 3.20. The molecule has 0 radical (unpaired) electrons. The topological polar surface area (TPSA) is 85.2 Å². The van der Waals surface area contributed by atoms with E-state index in [0.29, 0.717) is 35.4 Å². The Kier molecular flexibility index (Phi) is 3.54. The molecular weight excluding hydrogens is 304 g/mol. The predicted octanol–water partition coefficient (Wildman–Crippen LogP) is 2.03. The Morgan fingerprint density at radius 3 is 3.08 bits per heavy atom. The molecule has 0 saturated heterocycles. The van der Waals surface area contributed by atoms with Gasteiger partial charge in [0.1, 0.15) is 17.7 Å². The minimum atomic E-state index is 0.0351. The first-order valence-electron chi connectivity index (χ1n) is 7.93. The predicted molar refractivity (Wildman–Crippen MR) is 91.5 cm³/mol. The number of hydrogen-bond donors (Lipinski definition) is 1. The summed E-state index contributed by atoms with van der Waals surface area (Å²) >= 11 is 0. The van der Waals surface area contributed by atoms with Gasteiger partial charge in [-0.3, -0.25) is 9.69 Å². The first-order chi connectivity index (χ1) is 11.6. The van der Waals surface area contributed by atoms with Crippen LogP contribution in [0, 0.1) is 6.92 Å². The lowest BCUT2D eigenvalue weighted by molar-refractivity contribution is 0.239. The molecule has 1 aromatic carbocycles. The summed E-state index contributed by atoms with van der Waals surface area (Å²) in [6.07, 6.45) is 3.86. The van der Waals surface area contributed by atoms with Crippen molar-refractivity contribution < 1.29 is 4.42 Å². The monoisotopic (exact) mass is 322 g/mol. The smallest absolute Gasteiger partial charge is 0.197 e. The quantitative estimate of drug-likeness (QED) is 0.777. The van der Waals surface area contributed by atoms with E-state index >= 15 is 0 Å². The SMILES string of the molecule is Cc1ccc2occ(CN3CCc4c(N)ncnc4C3)c(=O)c2c1. The van der Waals surface area contributed by atoms with Crippen LogP contribution < -0.4 is 11.2 Å². The number of nitrogens with two attached hydrogens (primary N) is 1. The van der Waals surface area contributed by atoms with Gasteiger partial charge < -0.3 is 10.2 Å². The van der Waals surface area contributed by atoms with Gasteiger partial charge in [-0.2, -0.15) is 0 Å². The lowest BCUT2D eigenvalue weighted by Crippen LogP contribution is -2.33. The second-order valence-corrected chi connectivity index (χ2v) is 6.23. The molecule has 0 amide bonds. The first kappa shape index (κ1) is 14.8. The van der Waals surface area contributed by atoms with Gasteiger partial charge in [-0.05, 0) is 25.5 Å². The van der Waals surface area contributed by atoms with Crippen LogP contribution in [0.1, 0.15) is 22.4 Å². The average molecular weight is 322 g/mol. The molecule has 24 heavy (non-hydrogen) atoms. The summed E-state index contributed by atoms with van der Waals surface area (Å²) in [5.41, 5.74) is 10.2. The van der Waals surface area contributed by atoms with E-state index in [0.717, 1.165) is 29.8 Å². The van der Waals surface area contributed by atoms with Crippen molar-refractivity contribution in [2.45, 2.75) is 26.4 Å². The summed E-state index contributed by atoms with van der Waals surface area (Å²) in [6.45, 7) is 3.98. The Morgan fingerprint density at radius 1 is 1.33 bits per heavy atom. The van der Waals surface area contributed by atoms with Crippen LogP contribution in [-0.4, -0.2) is 21.4 Å². The highest BCUT2D eigenvalue weighted by molar-refractivity contribution is 5.77. The number of nitrogens with zero attached hydrogens (tertiary/aromatic N) is 3. The summed E-state index contributed by atoms with van der Waals surface area (Å²) in [5, 5.41) is 0.636. The fourth-order valence-corrected chi connectivity index (χ4v) is 3.20. The Balaban J connectivity index is 1.63. The summed E-state index contributed by atoms with van der Waals surface area (Å²) in [6, 6.07) is 5.66. The maximum absolute atomic E-state index is 12.7. The zero-order valence-corrected chi connectivity index (χ0v) is 13.5. The van der Waals surface area contributed by atoms with Crippen molar-refractivity contribution in [3.63, 3.8) is 0 Å². The Hall–Kier alpha value is -2.73. The Morgan fingerprint density at radius 2 is 2.21 bits per heavy atom. The summed E-state index contributed by atoms with van der Waals surface area (Å²) in [5.74, 6) is 0.556. The molecule has 122 valence electrons. The lowest BCUT2D eigenvalue weighted by Gasteiger charge is -2.27. The second kappa shape index (κ2) is 5.72. The Bertz CT molecular complexity index is 980. The zero-order valence-electron chi connectivity index (χ0n) is 13.5. The maximum atomic E-state index is 12.7. The molecule has 3 heterocycles. The number of rotatable bonds is 2. The van der Waals surface area contributed by atoms with E-state index in [1.807, 2.05) is 25.1 Å². The first-order valence-corrected chi connectivity index (χ1v) is 7.93. The van der Waals surface area contributed by atoms with Crippen LogP contribution in [0.4, 0.5) is 5.82 Å². The molecule has 1 aliphatic heterocycles. The van der Waals surface area contributed by atoms with Crippen molar-refractivity contribution in [3.05, 3.63) is 63.4 Å². The van der Waals surface area contributed by atoms with Crippen LogP contribution in [0.3, 0.4) is 0 Å². The third-order valence-corrected chi connectivity index (χ3v) is 4.51. The van der Waals surface area contributed by atoms with E-state index in [1.54, 1.807) is 6.26 Å². The van der Waals surface area contributed by atoms with Gasteiger partial charge in [0.2, 0.25) is 0 Å². The van der Waals surface area contributed by atoms with Crippen molar-refractivity contribution >= 4 is 16.8 Å². The highest BCUT2D eigenvalue weighted by atomic mass is 16.3. The summed E-state index contributed by atoms with van der Waals surface area (Å²) < 4.78 is 5.64. The van der Waals surface area contributed by atoms with E-state index in [2.05, 4.69) is 14.9 Å². The fraction of sp³-hybridized carbons (Fsp3) is 0.278. The standard InChI is InChI=1S/C18H18N4O2/c1-11-2-3-16-14(6-11)17(23)12(9-24-16)7-22-5-4-13-15(8-22)20-10-21-18(13)19/h2-3,6,9-10H,4-5,7-8H2,1H3,(H2,19,20,21). The number of nitrogen functional groups attached to an aromatic ring is 1. The van der Waals surface area contributed by atoms with E-state index in [4.69, 9.17) is 10.2 Å². The number of aryl methyl sites for hydroxylation is 1. The molecule has 0 unspecified atom stereocenters. The highest BCUT2D eigenvalue weighted by Gasteiger charge is 2.21. The molecule has 0 spiro atoms. The number of aromatic nitrogens is 2. The van der Waals surface area contributed by atoms with Crippen molar-refractivity contribution in [2.75, 3.05) is 12.3 Å². The maximum Gasteiger partial charge on any atom is 0.197 e. The van der Waals surface area contributed by atoms with Crippen LogP contribution >= 0.6 is 0 Å². The normalized spacial score (nSPS) is 14.7. The van der Waals surface area contributed by atoms with Crippen LogP contribution in [0.5, 0.6) is 0 Å². The van der Waals surface area contributed by atoms with Crippen molar-refractivity contribution in [3.8, 4) is 0 Å². The second-order valence-electron chi connectivity index (χ2n) is 6.23. The molecule has 2 aromatic heterocycles. The van der Waals surface area contributed by atoms with Gasteiger partial charge in [0, 0.05) is 30.8 Å². The number of anilines is 1. The van der Waals surface area contributed by atoms with Gasteiger partial charge in [-0.15, -0.1) is 0 Å². The van der Waals surface area contributed by atoms with Crippen molar-refractivity contribution in [1.82, 2.24) is 14.9 Å². The van der Waals surface area contributed by atoms with Gasteiger partial charge in [0.25, 0.3) is 0 Å². The van der Waals surface area contributed by atoms with Gasteiger partial charge in [0.15, 0.2) is 5.43 Å². The third kappa shape index (κ3) is 2.55. The molecule has 3 aromatic rings. The molecule has 0 atom stereocenters. The van der Waals surface area contributed by atoms with Gasteiger partial charge in [-0.1, -0.05) is 11.6 Å².